The van der Waals surface area contributed by atoms with Crippen LogP contribution < -0.4 is 0 Å². The van der Waals surface area contributed by atoms with Gasteiger partial charge in [-0.25, -0.2) is 0 Å². The summed E-state index contributed by atoms with van der Waals surface area (Å²) in [4.78, 5) is 0. The summed E-state index contributed by atoms with van der Waals surface area (Å²) in [6, 6.07) is 0. The first-order valence-electron chi connectivity index (χ1n) is 2.83. The fourth-order valence-electron chi connectivity index (χ4n) is 0.510. The van der Waals surface area contributed by atoms with E-state index < -0.39 is 10.9 Å². The molecule has 0 spiro atoms. The fourth-order valence-corrected chi connectivity index (χ4v) is 0.510. The van der Waals surface area contributed by atoms with Crippen LogP contribution in [0.2, 0.25) is 0 Å². The van der Waals surface area contributed by atoms with Crippen LogP contribution in [0.4, 0.5) is 0 Å². The number of halogens is 4. The molecule has 1 saturated heterocycles. The van der Waals surface area contributed by atoms with Gasteiger partial charge in [-0.2, -0.15) is 0 Å². The van der Waals surface area contributed by atoms with Gasteiger partial charge in [0.2, 0.25) is 0 Å². The molecule has 0 aromatic carbocycles. The van der Waals surface area contributed by atoms with Crippen molar-refractivity contribution in [1.29, 1.82) is 0 Å². The molecule has 62 valence electrons. The fraction of sp³-hybridized carbons (Fsp3) is 1.00. The van der Waals surface area contributed by atoms with Crippen LogP contribution in [-0.4, -0.2) is 13.2 Å². The van der Waals surface area contributed by atoms with Gasteiger partial charge < -0.3 is 4.74 Å². The molecule has 6 heteroatoms. The van der Waals surface area contributed by atoms with Crippen molar-refractivity contribution in [3.63, 3.8) is 0 Å². The van der Waals surface area contributed by atoms with Crippen LogP contribution in [0.15, 0.2) is 0 Å². The molecule has 0 saturated carbocycles. The number of rotatable bonds is 0. The van der Waals surface area contributed by atoms with Crippen LogP contribution in [0.5, 0.6) is 0 Å². The topological polar surface area (TPSA) is 9.23 Å². The predicted molar refractivity (Wildman–Crippen MR) is 55.8 cm³/mol. The summed E-state index contributed by atoms with van der Waals surface area (Å²) in [6.07, 6.45) is 2.56. The summed E-state index contributed by atoms with van der Waals surface area (Å²) in [6.45, 7) is 2.00. The zero-order valence-corrected chi connectivity index (χ0v) is 14.1. The van der Waals surface area contributed by atoms with Gasteiger partial charge in [-0.15, -0.1) is 0 Å². The van der Waals surface area contributed by atoms with E-state index in [-0.39, 0.29) is 0 Å². The van der Waals surface area contributed by atoms with Gasteiger partial charge in [0.15, 0.2) is 0 Å². The maximum absolute atomic E-state index is 4.94. The maximum atomic E-state index is 4.94. The van der Waals surface area contributed by atoms with Crippen LogP contribution in [0, 0.1) is 0 Å². The average Bonchev–Trinajstić information content (AvgIpc) is 2.07. The number of hydrogen-bond acceptors (Lipinski definition) is 1. The molecule has 0 N–H and O–H groups in total. The van der Waals surface area contributed by atoms with Gasteiger partial charge in [0.05, 0.1) is 0 Å². The second-order valence-corrected chi connectivity index (χ2v) is 69.8. The SMILES string of the molecule is C1CCOC1.[Br][Zr]([Br])([Br])[Br]. The van der Waals surface area contributed by atoms with Crippen LogP contribution >= 0.6 is 48.9 Å². The van der Waals surface area contributed by atoms with Gasteiger partial charge in [0.25, 0.3) is 0 Å². The third kappa shape index (κ3) is 17.0. The monoisotopic (exact) mass is 478 g/mol. The van der Waals surface area contributed by atoms with E-state index in [9.17, 15) is 0 Å². The van der Waals surface area contributed by atoms with Crippen LogP contribution in [0.1, 0.15) is 12.8 Å². The molecule has 1 aliphatic rings. The van der Waals surface area contributed by atoms with Crippen LogP contribution in [0.25, 0.3) is 0 Å². The van der Waals surface area contributed by atoms with Crippen molar-refractivity contribution in [2.24, 2.45) is 0 Å². The molecule has 1 aliphatic heterocycles. The Balaban J connectivity index is 0.000000162. The van der Waals surface area contributed by atoms with Crippen molar-refractivity contribution in [3.8, 4) is 0 Å². The molecule has 0 aromatic heterocycles. The second kappa shape index (κ2) is 7.19. The molecule has 1 rings (SSSR count). The molecule has 0 aromatic rings. The number of ether oxygens (including phenoxy) is 1. The molecule has 0 radical (unpaired) electrons. The van der Waals surface area contributed by atoms with Crippen molar-refractivity contribution in [3.05, 3.63) is 0 Å². The van der Waals surface area contributed by atoms with E-state index in [1.54, 1.807) is 0 Å². The minimum absolute atomic E-state index is 1.00. The summed E-state index contributed by atoms with van der Waals surface area (Å²) >= 11 is 13.3. The van der Waals surface area contributed by atoms with Gasteiger partial charge >= 0.3 is 59.7 Å². The predicted octanol–water partition coefficient (Wildman–Crippen LogP) is 4.18. The van der Waals surface area contributed by atoms with Crippen molar-refractivity contribution in [2.75, 3.05) is 13.2 Å². The van der Waals surface area contributed by atoms with E-state index in [0.29, 0.717) is 0 Å². The van der Waals surface area contributed by atoms with Gasteiger partial charge in [0, 0.05) is 13.2 Å². The third-order valence-corrected chi connectivity index (χ3v) is 0.827. The quantitative estimate of drug-likeness (QED) is 0.503. The Labute approximate surface area is 88.9 Å². The Kier molecular flexibility index (Phi) is 9.18. The molecule has 1 nitrogen and oxygen atoms in total. The first-order valence-corrected chi connectivity index (χ1v) is 25.3. The summed E-state index contributed by atoms with van der Waals surface area (Å²) < 4.78 is 4.94. The van der Waals surface area contributed by atoms with Crippen LogP contribution in [0.3, 0.4) is 0 Å². The van der Waals surface area contributed by atoms with E-state index in [4.69, 9.17) is 4.74 Å². The molecule has 0 aliphatic carbocycles. The molecule has 0 unspecified atom stereocenters. The van der Waals surface area contributed by atoms with Crippen molar-refractivity contribution in [2.45, 2.75) is 12.8 Å². The Morgan fingerprint density at radius 3 is 1.30 bits per heavy atom. The zero-order valence-electron chi connectivity index (χ0n) is 5.25. The normalized spacial score (nSPS) is 18.0. The van der Waals surface area contributed by atoms with E-state index in [0.717, 1.165) is 13.2 Å². The van der Waals surface area contributed by atoms with Gasteiger partial charge in [-0.3, -0.25) is 0 Å². The molecular weight excluding hydrogens is 475 g/mol. The van der Waals surface area contributed by atoms with E-state index in [1.165, 1.54) is 12.8 Å². The van der Waals surface area contributed by atoms with Gasteiger partial charge in [-0.05, 0) is 12.8 Å². The van der Waals surface area contributed by atoms with Crippen molar-refractivity contribution >= 4 is 48.9 Å². The van der Waals surface area contributed by atoms with E-state index >= 15 is 0 Å². The molecule has 10 heavy (non-hydrogen) atoms. The van der Waals surface area contributed by atoms with E-state index in [2.05, 4.69) is 48.9 Å². The Bertz CT molecular complexity index is 66.2. The Morgan fingerprint density at radius 2 is 1.20 bits per heavy atom. The summed E-state index contributed by atoms with van der Waals surface area (Å²) in [5, 5.41) is 0. The summed E-state index contributed by atoms with van der Waals surface area (Å²) in [5.74, 6) is 0. The van der Waals surface area contributed by atoms with Crippen LogP contribution in [-0.2, 0) is 15.6 Å². The Morgan fingerprint density at radius 1 is 0.900 bits per heavy atom. The molecule has 0 bridgehead atoms. The average molecular weight is 483 g/mol. The Hall–Kier alpha value is 2.76. The first kappa shape index (κ1) is 12.8. The number of hydrogen-bond donors (Lipinski definition) is 0. The second-order valence-electron chi connectivity index (χ2n) is 1.75. The summed E-state index contributed by atoms with van der Waals surface area (Å²) in [5.41, 5.74) is 0. The summed E-state index contributed by atoms with van der Waals surface area (Å²) in [7, 11) is -1.93. The molecular formula is C4H8Br4OZr. The molecule has 0 atom stereocenters. The minimum atomic E-state index is -1.93. The molecule has 1 fully saturated rings. The zero-order chi connectivity index (χ0) is 8.04. The van der Waals surface area contributed by atoms with E-state index in [1.807, 2.05) is 0 Å². The van der Waals surface area contributed by atoms with Gasteiger partial charge in [0.1, 0.15) is 0 Å². The standard InChI is InChI=1S/C4H8O.4BrH.Zr/c1-2-4-5-3-1;;;;;/h1-4H2;4*1H;/q;;;;;+4/p-4. The van der Waals surface area contributed by atoms with Crippen molar-refractivity contribution < 1.29 is 15.6 Å². The van der Waals surface area contributed by atoms with Crippen molar-refractivity contribution in [1.82, 2.24) is 0 Å². The first-order chi connectivity index (χ1) is 4.50. The third-order valence-electron chi connectivity index (χ3n) is 0.827. The molecule has 0 amide bonds. The van der Waals surface area contributed by atoms with Gasteiger partial charge in [-0.1, -0.05) is 0 Å². The molecule has 1 heterocycles.